The second-order valence-corrected chi connectivity index (χ2v) is 11.0. The van der Waals surface area contributed by atoms with Gasteiger partial charge in [-0.25, -0.2) is 4.79 Å². The van der Waals surface area contributed by atoms with E-state index in [0.29, 0.717) is 11.3 Å². The number of fused-ring (bicyclic) bond motifs is 1. The van der Waals surface area contributed by atoms with Crippen LogP contribution in [0, 0.1) is 0 Å². The summed E-state index contributed by atoms with van der Waals surface area (Å²) in [6, 6.07) is 21.8. The lowest BCUT2D eigenvalue weighted by atomic mass is 9.99. The average Bonchev–Trinajstić information content (AvgIpc) is 3.43. The normalized spacial score (nSPS) is 19.8. The molecule has 1 saturated heterocycles. The van der Waals surface area contributed by atoms with Crippen molar-refractivity contribution in [3.8, 4) is 0 Å². The Morgan fingerprint density at radius 3 is 2.27 bits per heavy atom. The summed E-state index contributed by atoms with van der Waals surface area (Å²) in [5, 5.41) is 14.7. The molecule has 7 nitrogen and oxygen atoms in total. The van der Waals surface area contributed by atoms with Crippen molar-refractivity contribution in [1.29, 1.82) is 0 Å². The van der Waals surface area contributed by atoms with Gasteiger partial charge in [-0.2, -0.15) is 0 Å². The summed E-state index contributed by atoms with van der Waals surface area (Å²) < 4.78 is 6.03. The lowest BCUT2D eigenvalue weighted by molar-refractivity contribution is -0.154. The minimum atomic E-state index is -0.942. The maximum atomic E-state index is 13.7. The first kappa shape index (κ1) is 25.3. The van der Waals surface area contributed by atoms with Gasteiger partial charge >= 0.3 is 5.97 Å². The number of thiophene rings is 1. The summed E-state index contributed by atoms with van der Waals surface area (Å²) in [5.41, 5.74) is 2.07. The number of aliphatic hydroxyl groups excluding tert-OH is 1. The number of ether oxygens (including phenoxy) is 1. The fraction of sp³-hybridized carbons (Fsp3) is 0.250. The fourth-order valence-electron chi connectivity index (χ4n) is 4.49. The van der Waals surface area contributed by atoms with Crippen molar-refractivity contribution in [2.75, 3.05) is 5.75 Å². The fourth-order valence-corrected chi connectivity index (χ4v) is 6.66. The molecule has 2 unspecified atom stereocenters. The smallest absolute Gasteiger partial charge is 0.356 e. The van der Waals surface area contributed by atoms with Crippen LogP contribution in [0.4, 0.5) is 0 Å². The zero-order chi connectivity index (χ0) is 25.9. The molecule has 9 heteroatoms. The molecule has 2 aliphatic heterocycles. The Bertz CT molecular complexity index is 1270. The maximum absolute atomic E-state index is 13.7. The van der Waals surface area contributed by atoms with E-state index in [-0.39, 0.29) is 18.0 Å². The van der Waals surface area contributed by atoms with Gasteiger partial charge in [0.15, 0.2) is 6.10 Å². The second kappa shape index (κ2) is 10.9. The van der Waals surface area contributed by atoms with Crippen LogP contribution in [-0.2, 0) is 25.5 Å². The zero-order valence-corrected chi connectivity index (χ0v) is 21.7. The molecule has 0 spiro atoms. The highest BCUT2D eigenvalue weighted by molar-refractivity contribution is 8.00. The number of thioether (sulfide) groups is 1. The van der Waals surface area contributed by atoms with Crippen molar-refractivity contribution >= 4 is 40.9 Å². The van der Waals surface area contributed by atoms with Crippen molar-refractivity contribution in [3.63, 3.8) is 0 Å². The van der Waals surface area contributed by atoms with E-state index >= 15 is 0 Å². The molecule has 2 aromatic carbocycles. The van der Waals surface area contributed by atoms with Gasteiger partial charge in [0.2, 0.25) is 5.91 Å². The number of hydrogen-bond acceptors (Lipinski definition) is 7. The highest BCUT2D eigenvalue weighted by Gasteiger charge is 2.55. The van der Waals surface area contributed by atoms with E-state index in [2.05, 4.69) is 5.32 Å². The van der Waals surface area contributed by atoms with E-state index < -0.39 is 35.5 Å². The molecule has 0 radical (unpaired) electrons. The number of esters is 1. The molecule has 0 aliphatic carbocycles. The third kappa shape index (κ3) is 5.20. The molecule has 190 valence electrons. The number of aliphatic hydroxyl groups is 1. The standard InChI is InChI=1S/C28H26N2O5S2/c1-17(31)21-16-37-27-23(29-22(32)15-20-13-8-14-36-20)26(33)30(27)24(21)28(34)35-25(18-9-4-2-5-10-18)19-11-6-3-7-12-19/h2-14,17,23,25,27,31H,15-16H2,1H3,(H,29,32)/t17?,23?,27-/m1/s1. The van der Waals surface area contributed by atoms with E-state index in [1.807, 2.05) is 78.2 Å². The largest absolute Gasteiger partial charge is 0.448 e. The third-order valence-corrected chi connectivity index (χ3v) is 8.53. The number of carbonyl (C=O) groups excluding carboxylic acids is 3. The number of hydrogen-bond donors (Lipinski definition) is 2. The van der Waals surface area contributed by atoms with Gasteiger partial charge in [0, 0.05) is 10.6 Å². The monoisotopic (exact) mass is 534 g/mol. The second-order valence-electron chi connectivity index (χ2n) is 8.87. The number of carbonyl (C=O) groups is 3. The van der Waals surface area contributed by atoms with Gasteiger partial charge in [-0.05, 0) is 35.1 Å². The Labute approximate surface area is 223 Å². The van der Waals surface area contributed by atoms with Crippen molar-refractivity contribution in [1.82, 2.24) is 10.2 Å². The minimum Gasteiger partial charge on any atom is -0.448 e. The highest BCUT2D eigenvalue weighted by Crippen LogP contribution is 2.42. The predicted octanol–water partition coefficient (Wildman–Crippen LogP) is 3.66. The lowest BCUT2D eigenvalue weighted by Gasteiger charge is -2.50. The number of β-lactam (4-membered cyclic amide) rings is 1. The molecule has 1 fully saturated rings. The first-order valence-corrected chi connectivity index (χ1v) is 13.8. The van der Waals surface area contributed by atoms with Crippen LogP contribution >= 0.6 is 23.1 Å². The molecular formula is C28H26N2O5S2. The molecule has 3 atom stereocenters. The van der Waals surface area contributed by atoms with Crippen molar-refractivity contribution in [2.24, 2.45) is 0 Å². The number of amides is 2. The van der Waals surface area contributed by atoms with E-state index in [1.54, 1.807) is 6.92 Å². The van der Waals surface area contributed by atoms with Crippen molar-refractivity contribution in [3.05, 3.63) is 105 Å². The topological polar surface area (TPSA) is 95.9 Å². The first-order valence-electron chi connectivity index (χ1n) is 11.9. The van der Waals surface area contributed by atoms with Crippen LogP contribution in [0.3, 0.4) is 0 Å². The molecule has 0 saturated carbocycles. The van der Waals surface area contributed by atoms with Crippen LogP contribution in [0.1, 0.15) is 29.0 Å². The summed E-state index contributed by atoms with van der Waals surface area (Å²) in [4.78, 5) is 41.7. The molecule has 2 amide bonds. The van der Waals surface area contributed by atoms with Gasteiger partial charge in [-0.3, -0.25) is 14.5 Å². The molecule has 1 aromatic heterocycles. The summed E-state index contributed by atoms with van der Waals surface area (Å²) in [7, 11) is 0. The number of rotatable bonds is 8. The highest BCUT2D eigenvalue weighted by atomic mass is 32.2. The van der Waals surface area contributed by atoms with Crippen LogP contribution in [0.2, 0.25) is 0 Å². The Kier molecular flexibility index (Phi) is 7.45. The summed E-state index contributed by atoms with van der Waals surface area (Å²) >= 11 is 2.89. The predicted molar refractivity (Wildman–Crippen MR) is 143 cm³/mol. The Morgan fingerprint density at radius 2 is 1.70 bits per heavy atom. The quantitative estimate of drug-likeness (QED) is 0.338. The first-order chi connectivity index (χ1) is 17.9. The van der Waals surface area contributed by atoms with Gasteiger partial charge < -0.3 is 15.2 Å². The van der Waals surface area contributed by atoms with Crippen LogP contribution in [-0.4, -0.2) is 51.1 Å². The number of benzene rings is 2. The van der Waals surface area contributed by atoms with Gasteiger partial charge in [-0.1, -0.05) is 66.7 Å². The maximum Gasteiger partial charge on any atom is 0.356 e. The van der Waals surface area contributed by atoms with Crippen LogP contribution < -0.4 is 5.32 Å². The van der Waals surface area contributed by atoms with E-state index in [1.165, 1.54) is 28.0 Å². The number of nitrogens with zero attached hydrogens (tertiary/aromatic N) is 1. The minimum absolute atomic E-state index is 0.0596. The molecule has 3 aromatic rings. The van der Waals surface area contributed by atoms with Gasteiger partial charge in [0.1, 0.15) is 17.1 Å². The SMILES string of the molecule is CC(O)C1=C(C(=O)OC(c2ccccc2)c2ccccc2)N2C(=O)C(NC(=O)Cc3cccs3)[C@H]2SC1. The van der Waals surface area contributed by atoms with E-state index in [9.17, 15) is 19.5 Å². The lowest BCUT2D eigenvalue weighted by Crippen LogP contribution is -2.71. The van der Waals surface area contributed by atoms with Gasteiger partial charge in [-0.15, -0.1) is 23.1 Å². The Balaban J connectivity index is 1.39. The summed E-state index contributed by atoms with van der Waals surface area (Å²) in [6.07, 6.45) is -1.44. The summed E-state index contributed by atoms with van der Waals surface area (Å²) in [5.74, 6) is -0.980. The van der Waals surface area contributed by atoms with Gasteiger partial charge in [0.05, 0.1) is 12.5 Å². The molecule has 5 rings (SSSR count). The molecule has 2 N–H and O–H groups in total. The zero-order valence-electron chi connectivity index (χ0n) is 20.1. The van der Waals surface area contributed by atoms with Crippen molar-refractivity contribution < 1.29 is 24.2 Å². The Morgan fingerprint density at radius 1 is 1.05 bits per heavy atom. The Hall–Kier alpha value is -3.40. The van der Waals surface area contributed by atoms with E-state index in [0.717, 1.165) is 16.0 Å². The molecule has 37 heavy (non-hydrogen) atoms. The molecule has 0 bridgehead atoms. The molecular weight excluding hydrogens is 508 g/mol. The van der Waals surface area contributed by atoms with E-state index in [4.69, 9.17) is 4.74 Å². The third-order valence-electron chi connectivity index (χ3n) is 6.36. The summed E-state index contributed by atoms with van der Waals surface area (Å²) in [6.45, 7) is 1.57. The molecule has 2 aliphatic rings. The average molecular weight is 535 g/mol. The van der Waals surface area contributed by atoms with Crippen LogP contribution in [0.25, 0.3) is 0 Å². The van der Waals surface area contributed by atoms with Crippen LogP contribution in [0.5, 0.6) is 0 Å². The number of nitrogens with one attached hydrogen (secondary N) is 1. The van der Waals surface area contributed by atoms with Gasteiger partial charge in [0.25, 0.3) is 5.91 Å². The molecule has 3 heterocycles. The van der Waals surface area contributed by atoms with Crippen molar-refractivity contribution in [2.45, 2.75) is 37.0 Å². The van der Waals surface area contributed by atoms with Crippen LogP contribution in [0.15, 0.2) is 89.4 Å².